The minimum Gasteiger partial charge on any atom is -0.466 e. The van der Waals surface area contributed by atoms with Crippen molar-refractivity contribution >= 4 is 12.1 Å². The molecule has 142 valence electrons. The normalized spacial score (nSPS) is 11.0. The van der Waals surface area contributed by atoms with Gasteiger partial charge in [0.1, 0.15) is 12.4 Å². The highest BCUT2D eigenvalue weighted by Crippen LogP contribution is 2.16. The van der Waals surface area contributed by atoms with Crippen molar-refractivity contribution < 1.29 is 32.2 Å². The highest BCUT2D eigenvalue weighted by Gasteiger charge is 2.15. The van der Waals surface area contributed by atoms with E-state index in [1.807, 2.05) is 0 Å². The van der Waals surface area contributed by atoms with E-state index >= 15 is 0 Å². The lowest BCUT2D eigenvalue weighted by Gasteiger charge is -2.12. The van der Waals surface area contributed by atoms with Crippen LogP contribution in [-0.4, -0.2) is 19.2 Å². The smallest absolute Gasteiger partial charge is 0.411 e. The van der Waals surface area contributed by atoms with Crippen molar-refractivity contribution in [2.24, 2.45) is 0 Å². The fraction of sp³-hybridized carbons (Fsp3) is 0.158. The van der Waals surface area contributed by atoms with Gasteiger partial charge in [0.25, 0.3) is 0 Å². The molecule has 0 aliphatic heterocycles. The Morgan fingerprint density at radius 3 is 2.37 bits per heavy atom. The number of amides is 1. The van der Waals surface area contributed by atoms with Gasteiger partial charge in [-0.25, -0.2) is 22.8 Å². The van der Waals surface area contributed by atoms with E-state index in [-0.39, 0.29) is 17.9 Å². The largest absolute Gasteiger partial charge is 0.466 e. The van der Waals surface area contributed by atoms with Crippen LogP contribution in [0.5, 0.6) is 0 Å². The van der Waals surface area contributed by atoms with Crippen LogP contribution in [0.25, 0.3) is 0 Å². The van der Waals surface area contributed by atoms with E-state index in [1.54, 1.807) is 30.3 Å². The van der Waals surface area contributed by atoms with E-state index in [0.29, 0.717) is 12.1 Å². The van der Waals surface area contributed by atoms with Crippen molar-refractivity contribution in [1.29, 1.82) is 0 Å². The molecule has 0 saturated carbocycles. The Balaban J connectivity index is 2.10. The minimum atomic E-state index is -1.34. The first-order chi connectivity index (χ1) is 12.9. The molecule has 0 fully saturated rings. The first kappa shape index (κ1) is 20.0. The molecular weight excluding hydrogens is 363 g/mol. The molecule has 0 heterocycles. The number of esters is 1. The van der Waals surface area contributed by atoms with Crippen molar-refractivity contribution in [3.8, 4) is 0 Å². The number of methoxy groups -OCH3 is 1. The van der Waals surface area contributed by atoms with Crippen molar-refractivity contribution in [3.05, 3.63) is 82.8 Å². The average molecular weight is 379 g/mol. The van der Waals surface area contributed by atoms with Crippen LogP contribution >= 0.6 is 0 Å². The molecule has 2 aromatic rings. The predicted molar refractivity (Wildman–Crippen MR) is 89.9 cm³/mol. The summed E-state index contributed by atoms with van der Waals surface area (Å²) in [5, 5.41) is 2.28. The molecule has 27 heavy (non-hydrogen) atoms. The number of carbonyl (C=O) groups is 2. The fourth-order valence-electron chi connectivity index (χ4n) is 2.13. The Labute approximate surface area is 153 Å². The topological polar surface area (TPSA) is 64.6 Å². The van der Waals surface area contributed by atoms with Crippen LogP contribution in [0.4, 0.5) is 18.0 Å². The number of ether oxygens (including phenoxy) is 2. The highest BCUT2D eigenvalue weighted by atomic mass is 19.2. The maximum Gasteiger partial charge on any atom is 0.411 e. The zero-order valence-corrected chi connectivity index (χ0v) is 14.3. The van der Waals surface area contributed by atoms with Gasteiger partial charge in [0, 0.05) is 24.3 Å². The van der Waals surface area contributed by atoms with Gasteiger partial charge in [-0.1, -0.05) is 30.3 Å². The Bertz CT molecular complexity index is 854. The summed E-state index contributed by atoms with van der Waals surface area (Å²) in [7, 11) is 1.11. The van der Waals surface area contributed by atoms with E-state index in [0.717, 1.165) is 18.7 Å². The zero-order chi connectivity index (χ0) is 19.8. The van der Waals surface area contributed by atoms with E-state index < -0.39 is 35.9 Å². The maximum atomic E-state index is 13.8. The van der Waals surface area contributed by atoms with E-state index in [9.17, 15) is 22.8 Å². The number of hydrogen-bond donors (Lipinski definition) is 1. The van der Waals surface area contributed by atoms with Gasteiger partial charge in [-0.05, 0) is 17.2 Å². The third kappa shape index (κ3) is 6.18. The lowest BCUT2D eigenvalue weighted by molar-refractivity contribution is -0.134. The van der Waals surface area contributed by atoms with Gasteiger partial charge < -0.3 is 9.47 Å². The van der Waals surface area contributed by atoms with Crippen LogP contribution in [0.1, 0.15) is 11.1 Å². The molecule has 0 aliphatic carbocycles. The standard InChI is InChI=1S/C19H16F3NO4/c1-26-18(24)9-14(7-13-8-16(21)17(22)10-15(13)20)23-19(25)27-11-12-5-3-2-4-6-12/h2-6,8-10H,7,11H2,1H3,(H,23,25)/b14-9-. The van der Waals surface area contributed by atoms with Gasteiger partial charge in [-0.15, -0.1) is 0 Å². The number of allylic oxidation sites excluding steroid dienone is 1. The van der Waals surface area contributed by atoms with Crippen molar-refractivity contribution in [2.75, 3.05) is 7.11 Å². The number of hydrogen-bond acceptors (Lipinski definition) is 4. The number of rotatable bonds is 6. The van der Waals surface area contributed by atoms with Gasteiger partial charge in [0.05, 0.1) is 7.11 Å². The Kier molecular flexibility index (Phi) is 6.99. The van der Waals surface area contributed by atoms with Crippen LogP contribution in [0, 0.1) is 17.5 Å². The molecule has 0 bridgehead atoms. The Morgan fingerprint density at radius 2 is 1.70 bits per heavy atom. The number of nitrogens with one attached hydrogen (secondary N) is 1. The summed E-state index contributed by atoms with van der Waals surface area (Å²) in [4.78, 5) is 23.4. The van der Waals surface area contributed by atoms with Crippen LogP contribution in [0.2, 0.25) is 0 Å². The second-order valence-electron chi connectivity index (χ2n) is 5.41. The lowest BCUT2D eigenvalue weighted by atomic mass is 10.1. The molecular formula is C19H16F3NO4. The summed E-state index contributed by atoms with van der Waals surface area (Å²) in [6, 6.07) is 9.86. The molecule has 0 spiro atoms. The van der Waals surface area contributed by atoms with Crippen molar-refractivity contribution in [2.45, 2.75) is 13.0 Å². The third-order valence-electron chi connectivity index (χ3n) is 3.44. The van der Waals surface area contributed by atoms with E-state index in [2.05, 4.69) is 10.1 Å². The van der Waals surface area contributed by atoms with Crippen LogP contribution in [0.15, 0.2) is 54.2 Å². The summed E-state index contributed by atoms with van der Waals surface area (Å²) in [6.45, 7) is -0.0300. The van der Waals surface area contributed by atoms with Crippen molar-refractivity contribution in [1.82, 2.24) is 5.32 Å². The lowest BCUT2D eigenvalue weighted by Crippen LogP contribution is -2.26. The van der Waals surface area contributed by atoms with Crippen LogP contribution in [-0.2, 0) is 27.3 Å². The first-order valence-corrected chi connectivity index (χ1v) is 7.78. The van der Waals surface area contributed by atoms with Crippen LogP contribution < -0.4 is 5.32 Å². The van der Waals surface area contributed by atoms with Gasteiger partial charge in [-0.2, -0.15) is 0 Å². The van der Waals surface area contributed by atoms with Gasteiger partial charge in [0.2, 0.25) is 0 Å². The summed E-state index contributed by atoms with van der Waals surface area (Å²) in [6.07, 6.45) is -0.403. The molecule has 0 saturated heterocycles. The second kappa shape index (κ2) is 9.42. The van der Waals surface area contributed by atoms with Gasteiger partial charge >= 0.3 is 12.1 Å². The number of alkyl carbamates (subject to hydrolysis) is 1. The summed E-state index contributed by atoms with van der Waals surface area (Å²) >= 11 is 0. The number of benzene rings is 2. The Morgan fingerprint density at radius 1 is 1.04 bits per heavy atom. The van der Waals surface area contributed by atoms with Crippen molar-refractivity contribution in [3.63, 3.8) is 0 Å². The molecule has 2 aromatic carbocycles. The van der Waals surface area contributed by atoms with Crippen LogP contribution in [0.3, 0.4) is 0 Å². The number of carbonyl (C=O) groups excluding carboxylic acids is 2. The highest BCUT2D eigenvalue weighted by molar-refractivity contribution is 5.84. The minimum absolute atomic E-state index is 0.0300. The zero-order valence-electron chi connectivity index (χ0n) is 14.3. The van der Waals surface area contributed by atoms with E-state index in [1.165, 1.54) is 0 Å². The predicted octanol–water partition coefficient (Wildman–Crippen LogP) is 3.63. The first-order valence-electron chi connectivity index (χ1n) is 7.78. The Hall–Kier alpha value is -3.29. The van der Waals surface area contributed by atoms with Gasteiger partial charge in [-0.3, -0.25) is 5.32 Å². The molecule has 0 radical (unpaired) electrons. The molecule has 0 aromatic heterocycles. The van der Waals surface area contributed by atoms with E-state index in [4.69, 9.17) is 4.74 Å². The summed E-state index contributed by atoms with van der Waals surface area (Å²) in [5.41, 5.74) is 0.370. The second-order valence-corrected chi connectivity index (χ2v) is 5.41. The molecule has 8 heteroatoms. The monoisotopic (exact) mass is 379 g/mol. The molecule has 2 rings (SSSR count). The molecule has 0 unspecified atom stereocenters. The van der Waals surface area contributed by atoms with Gasteiger partial charge in [0.15, 0.2) is 11.6 Å². The summed E-state index contributed by atoms with van der Waals surface area (Å²) < 4.78 is 49.7. The maximum absolute atomic E-state index is 13.8. The third-order valence-corrected chi connectivity index (χ3v) is 3.44. The number of halogens is 3. The molecule has 0 aliphatic rings. The quantitative estimate of drug-likeness (QED) is 0.473. The molecule has 1 N–H and O–H groups in total. The summed E-state index contributed by atoms with van der Waals surface area (Å²) in [5.74, 6) is -4.44. The molecule has 1 amide bonds. The molecule has 5 nitrogen and oxygen atoms in total. The average Bonchev–Trinajstić information content (AvgIpc) is 2.65. The molecule has 0 atom stereocenters. The SMILES string of the molecule is COC(=O)/C=C(/Cc1cc(F)c(F)cc1F)NC(=O)OCc1ccccc1. The fourth-order valence-corrected chi connectivity index (χ4v) is 2.13.